The first kappa shape index (κ1) is 17.7. The standard InChI is InChI=1S/C19H15Cl2N3O3/c1-8-14-10-7-13(26-2)18(27-3)16(21)15(10)17(22-19(14)24-23-8)9-4-5-12(25)11(20)6-9/h4-7,25H,1-3H3,(H,22,23,24). The lowest BCUT2D eigenvalue weighted by molar-refractivity contribution is 0.356. The van der Waals surface area contributed by atoms with Crippen molar-refractivity contribution in [3.63, 3.8) is 0 Å². The number of rotatable bonds is 3. The van der Waals surface area contributed by atoms with Crippen molar-refractivity contribution in [1.29, 1.82) is 0 Å². The first-order valence-electron chi connectivity index (χ1n) is 8.04. The number of aromatic amines is 1. The normalized spacial score (nSPS) is 11.3. The summed E-state index contributed by atoms with van der Waals surface area (Å²) in [4.78, 5) is 4.72. The quantitative estimate of drug-likeness (QED) is 0.496. The molecule has 0 fully saturated rings. The monoisotopic (exact) mass is 403 g/mol. The summed E-state index contributed by atoms with van der Waals surface area (Å²) in [6.45, 7) is 1.89. The third-order valence-electron chi connectivity index (χ3n) is 4.49. The number of fused-ring (bicyclic) bond motifs is 3. The molecule has 0 spiro atoms. The van der Waals surface area contributed by atoms with Crippen LogP contribution in [0.5, 0.6) is 17.2 Å². The molecule has 0 aliphatic heterocycles. The van der Waals surface area contributed by atoms with Crippen molar-refractivity contribution in [2.24, 2.45) is 0 Å². The van der Waals surface area contributed by atoms with Gasteiger partial charge in [-0.2, -0.15) is 5.10 Å². The Morgan fingerprint density at radius 1 is 1.07 bits per heavy atom. The number of hydrogen-bond acceptors (Lipinski definition) is 5. The number of aromatic nitrogens is 3. The van der Waals surface area contributed by atoms with Gasteiger partial charge in [0.05, 0.1) is 35.7 Å². The number of pyridine rings is 1. The van der Waals surface area contributed by atoms with Gasteiger partial charge in [-0.3, -0.25) is 5.10 Å². The molecule has 0 aliphatic carbocycles. The fourth-order valence-electron chi connectivity index (χ4n) is 3.23. The first-order chi connectivity index (χ1) is 13.0. The number of hydrogen-bond donors (Lipinski definition) is 2. The van der Waals surface area contributed by atoms with Gasteiger partial charge in [0.1, 0.15) is 5.75 Å². The van der Waals surface area contributed by atoms with Gasteiger partial charge in [-0.05, 0) is 31.2 Å². The van der Waals surface area contributed by atoms with Crippen molar-refractivity contribution in [1.82, 2.24) is 15.2 Å². The summed E-state index contributed by atoms with van der Waals surface area (Å²) in [5, 5.41) is 19.9. The maximum Gasteiger partial charge on any atom is 0.180 e. The third-order valence-corrected chi connectivity index (χ3v) is 5.15. The molecule has 0 amide bonds. The molecule has 2 aromatic heterocycles. The topological polar surface area (TPSA) is 80.3 Å². The van der Waals surface area contributed by atoms with Crippen LogP contribution in [0.4, 0.5) is 0 Å². The Morgan fingerprint density at radius 3 is 2.52 bits per heavy atom. The molecule has 0 saturated heterocycles. The van der Waals surface area contributed by atoms with Gasteiger partial charge in [0, 0.05) is 21.7 Å². The zero-order valence-corrected chi connectivity index (χ0v) is 16.2. The minimum atomic E-state index is -0.00599. The molecule has 4 rings (SSSR count). The molecule has 4 aromatic rings. The molecule has 0 atom stereocenters. The molecule has 0 saturated carbocycles. The molecule has 138 valence electrons. The minimum Gasteiger partial charge on any atom is -0.506 e. The zero-order valence-electron chi connectivity index (χ0n) is 14.7. The lowest BCUT2D eigenvalue weighted by atomic mass is 10.00. The maximum absolute atomic E-state index is 9.75. The van der Waals surface area contributed by atoms with Crippen LogP contribution in [0.15, 0.2) is 24.3 Å². The molecule has 6 nitrogen and oxygen atoms in total. The van der Waals surface area contributed by atoms with Gasteiger partial charge in [0.25, 0.3) is 0 Å². The second kappa shape index (κ2) is 6.48. The molecule has 0 radical (unpaired) electrons. The van der Waals surface area contributed by atoms with Crippen molar-refractivity contribution >= 4 is 45.0 Å². The smallest absolute Gasteiger partial charge is 0.180 e. The van der Waals surface area contributed by atoms with Crippen LogP contribution < -0.4 is 9.47 Å². The highest BCUT2D eigenvalue weighted by Gasteiger charge is 2.22. The maximum atomic E-state index is 9.75. The van der Waals surface area contributed by atoms with E-state index in [0.717, 1.165) is 16.5 Å². The summed E-state index contributed by atoms with van der Waals surface area (Å²) in [5.41, 5.74) is 2.70. The predicted molar refractivity (Wildman–Crippen MR) is 106 cm³/mol. The molecule has 2 aromatic carbocycles. The minimum absolute atomic E-state index is 0.00599. The third kappa shape index (κ3) is 2.64. The number of aromatic hydroxyl groups is 1. The van der Waals surface area contributed by atoms with Crippen molar-refractivity contribution < 1.29 is 14.6 Å². The van der Waals surface area contributed by atoms with E-state index in [1.165, 1.54) is 13.2 Å². The van der Waals surface area contributed by atoms with E-state index < -0.39 is 0 Å². The van der Waals surface area contributed by atoms with E-state index in [0.29, 0.717) is 38.8 Å². The second-order valence-corrected chi connectivity index (χ2v) is 6.79. The lowest BCUT2D eigenvalue weighted by Gasteiger charge is -2.15. The first-order valence-corrected chi connectivity index (χ1v) is 8.79. The Kier molecular flexibility index (Phi) is 4.25. The van der Waals surface area contributed by atoms with E-state index in [1.807, 2.05) is 13.0 Å². The molecule has 0 bridgehead atoms. The van der Waals surface area contributed by atoms with Crippen LogP contribution in [0, 0.1) is 6.92 Å². The largest absolute Gasteiger partial charge is 0.506 e. The van der Waals surface area contributed by atoms with Crippen LogP contribution in [-0.2, 0) is 0 Å². The van der Waals surface area contributed by atoms with Gasteiger partial charge in [-0.25, -0.2) is 4.98 Å². The summed E-state index contributed by atoms with van der Waals surface area (Å²) in [5.74, 6) is 0.923. The number of methoxy groups -OCH3 is 2. The van der Waals surface area contributed by atoms with Crippen LogP contribution in [0.1, 0.15) is 5.69 Å². The predicted octanol–water partition coefficient (Wildman–Crippen LogP) is 5.12. The number of ether oxygens (including phenoxy) is 2. The van der Waals surface area contributed by atoms with Crippen LogP contribution >= 0.6 is 23.2 Å². The molecular formula is C19H15Cl2N3O3. The number of aryl methyl sites for hydroxylation is 1. The van der Waals surface area contributed by atoms with Crippen molar-refractivity contribution in [3.8, 4) is 28.5 Å². The van der Waals surface area contributed by atoms with Gasteiger partial charge >= 0.3 is 0 Å². The fourth-order valence-corrected chi connectivity index (χ4v) is 3.78. The van der Waals surface area contributed by atoms with Gasteiger partial charge in [0.15, 0.2) is 17.1 Å². The number of H-pyrrole nitrogens is 1. The number of phenols is 1. The summed E-state index contributed by atoms with van der Waals surface area (Å²) in [6.07, 6.45) is 0. The zero-order chi connectivity index (χ0) is 19.3. The van der Waals surface area contributed by atoms with Crippen molar-refractivity contribution in [2.75, 3.05) is 14.2 Å². The van der Waals surface area contributed by atoms with E-state index in [-0.39, 0.29) is 10.8 Å². The second-order valence-electron chi connectivity index (χ2n) is 6.01. The van der Waals surface area contributed by atoms with Crippen molar-refractivity contribution in [2.45, 2.75) is 6.92 Å². The van der Waals surface area contributed by atoms with Gasteiger partial charge < -0.3 is 14.6 Å². The summed E-state index contributed by atoms with van der Waals surface area (Å²) < 4.78 is 10.9. The van der Waals surface area contributed by atoms with E-state index in [4.69, 9.17) is 37.7 Å². The summed E-state index contributed by atoms with van der Waals surface area (Å²) in [6, 6.07) is 6.74. The van der Waals surface area contributed by atoms with Crippen molar-refractivity contribution in [3.05, 3.63) is 40.0 Å². The van der Waals surface area contributed by atoms with Crippen LogP contribution in [0.2, 0.25) is 10.0 Å². The Balaban J connectivity index is 2.22. The average Bonchev–Trinajstić information content (AvgIpc) is 3.04. The average molecular weight is 404 g/mol. The van der Waals surface area contributed by atoms with Gasteiger partial charge in [0.2, 0.25) is 0 Å². The Bertz CT molecular complexity index is 1200. The number of benzene rings is 2. The number of phenolic OH excluding ortho intramolecular Hbond substituents is 1. The van der Waals surface area contributed by atoms with E-state index >= 15 is 0 Å². The molecule has 8 heteroatoms. The van der Waals surface area contributed by atoms with E-state index in [9.17, 15) is 5.11 Å². The van der Waals surface area contributed by atoms with Gasteiger partial charge in [-0.1, -0.05) is 23.2 Å². The molecule has 2 N–H and O–H groups in total. The van der Waals surface area contributed by atoms with Crippen LogP contribution in [0.3, 0.4) is 0 Å². The SMILES string of the molecule is COc1cc2c(c(-c3ccc(O)c(Cl)c3)nc3[nH]nc(C)c32)c(Cl)c1OC. The summed E-state index contributed by atoms with van der Waals surface area (Å²) in [7, 11) is 3.09. The number of halogens is 2. The fraction of sp³-hybridized carbons (Fsp3) is 0.158. The van der Waals surface area contributed by atoms with Crippen LogP contribution in [0.25, 0.3) is 33.1 Å². The highest BCUT2D eigenvalue weighted by molar-refractivity contribution is 6.39. The molecule has 0 unspecified atom stereocenters. The van der Waals surface area contributed by atoms with Crippen LogP contribution in [-0.4, -0.2) is 34.5 Å². The van der Waals surface area contributed by atoms with E-state index in [1.54, 1.807) is 19.2 Å². The number of nitrogens with one attached hydrogen (secondary N) is 1. The highest BCUT2D eigenvalue weighted by atomic mass is 35.5. The molecular weight excluding hydrogens is 389 g/mol. The molecule has 2 heterocycles. The Labute approximate surface area is 164 Å². The number of nitrogens with zero attached hydrogens (tertiary/aromatic N) is 2. The Morgan fingerprint density at radius 2 is 1.85 bits per heavy atom. The lowest BCUT2D eigenvalue weighted by Crippen LogP contribution is -1.96. The molecule has 27 heavy (non-hydrogen) atoms. The van der Waals surface area contributed by atoms with Gasteiger partial charge in [-0.15, -0.1) is 0 Å². The molecule has 0 aliphatic rings. The highest BCUT2D eigenvalue weighted by Crippen LogP contribution is 2.46. The summed E-state index contributed by atoms with van der Waals surface area (Å²) >= 11 is 12.8. The Hall–Kier alpha value is -2.70. The van der Waals surface area contributed by atoms with E-state index in [2.05, 4.69) is 10.2 Å².